The van der Waals surface area contributed by atoms with E-state index in [4.69, 9.17) is 30.6 Å². The summed E-state index contributed by atoms with van der Waals surface area (Å²) >= 11 is 0. The monoisotopic (exact) mass is 566 g/mol. The van der Waals surface area contributed by atoms with Gasteiger partial charge in [-0.25, -0.2) is 0 Å². The van der Waals surface area contributed by atoms with Gasteiger partial charge in [-0.2, -0.15) is 0 Å². The summed E-state index contributed by atoms with van der Waals surface area (Å²) < 4.78 is 0. The highest BCUT2D eigenvalue weighted by molar-refractivity contribution is 5.67. The average Bonchev–Trinajstić information content (AvgIpc) is 2.85. The maximum Gasteiger partial charge on any atom is 0.303 e. The molecular weight excluding hydrogens is 504 g/mol. The van der Waals surface area contributed by atoms with Crippen LogP contribution >= 0.6 is 0 Å². The van der Waals surface area contributed by atoms with Crippen molar-refractivity contribution in [1.82, 2.24) is 0 Å². The van der Waals surface area contributed by atoms with E-state index < -0.39 is 23.3 Å². The molecule has 236 valence electrons. The first-order valence-electron chi connectivity index (χ1n) is 14.6. The molecule has 0 fully saturated rings. The lowest BCUT2D eigenvalue weighted by Gasteiger charge is -2.24. The number of hydrogen-bond acceptors (Lipinski definition) is 6. The van der Waals surface area contributed by atoms with Crippen LogP contribution in [-0.2, 0) is 14.4 Å². The zero-order valence-corrected chi connectivity index (χ0v) is 26.0. The van der Waals surface area contributed by atoms with Crippen LogP contribution in [0.5, 0.6) is 0 Å². The predicted molar refractivity (Wildman–Crippen MR) is 157 cm³/mol. The van der Waals surface area contributed by atoms with E-state index in [1.807, 2.05) is 6.92 Å². The molecule has 0 aliphatic carbocycles. The Morgan fingerprint density at radius 1 is 0.513 bits per heavy atom. The van der Waals surface area contributed by atoms with Gasteiger partial charge in [-0.05, 0) is 43.4 Å². The molecule has 39 heavy (non-hydrogen) atoms. The van der Waals surface area contributed by atoms with Crippen molar-refractivity contribution >= 4 is 17.9 Å². The van der Waals surface area contributed by atoms with E-state index >= 15 is 0 Å². The Balaban J connectivity index is -0.000000210. The average molecular weight is 567 g/mol. The Labute approximate surface area is 238 Å². The van der Waals surface area contributed by atoms with Crippen LogP contribution in [0.3, 0.4) is 0 Å². The number of aliphatic carboxylic acids is 3. The Morgan fingerprint density at radius 2 is 0.744 bits per heavy atom. The molecule has 9 nitrogen and oxygen atoms in total. The number of rotatable bonds is 19. The Bertz CT molecular complexity index is 477. The fourth-order valence-electron chi connectivity index (χ4n) is 2.97. The minimum atomic E-state index is -0.677. The lowest BCUT2D eigenvalue weighted by atomic mass is 9.88. The Kier molecular flexibility index (Phi) is 35.0. The summed E-state index contributed by atoms with van der Waals surface area (Å²) in [6, 6.07) is 0. The predicted octanol–water partition coefficient (Wildman–Crippen LogP) is 6.22. The highest BCUT2D eigenvalue weighted by Gasteiger charge is 2.24. The number of aliphatic hydroxyl groups excluding tert-OH is 3. The van der Waals surface area contributed by atoms with Crippen molar-refractivity contribution in [2.75, 3.05) is 19.8 Å². The van der Waals surface area contributed by atoms with Crippen molar-refractivity contribution < 1.29 is 45.0 Å². The van der Waals surface area contributed by atoms with E-state index in [-0.39, 0.29) is 19.8 Å². The van der Waals surface area contributed by atoms with Crippen molar-refractivity contribution in [2.45, 2.75) is 132 Å². The molecule has 0 aliphatic heterocycles. The van der Waals surface area contributed by atoms with Crippen LogP contribution in [-0.4, -0.2) is 68.4 Å². The molecule has 0 amide bonds. The molecule has 0 rings (SSSR count). The summed E-state index contributed by atoms with van der Waals surface area (Å²) in [5.41, 5.74) is -0.667. The lowest BCUT2D eigenvalue weighted by molar-refractivity contribution is -0.138. The zero-order valence-electron chi connectivity index (χ0n) is 26.0. The molecule has 0 aromatic heterocycles. The molecule has 9 heteroatoms. The Morgan fingerprint density at radius 3 is 0.846 bits per heavy atom. The van der Waals surface area contributed by atoms with Gasteiger partial charge in [0.15, 0.2) is 0 Å². The summed E-state index contributed by atoms with van der Waals surface area (Å²) in [6.07, 6.45) is 10.6. The maximum absolute atomic E-state index is 10.0. The minimum absolute atomic E-state index is 0.156. The van der Waals surface area contributed by atoms with Gasteiger partial charge < -0.3 is 30.6 Å². The van der Waals surface area contributed by atoms with Gasteiger partial charge in [0.25, 0.3) is 0 Å². The molecule has 0 spiro atoms. The number of carbonyl (C=O) groups is 3. The van der Waals surface area contributed by atoms with Gasteiger partial charge in [0, 0.05) is 24.7 Å². The molecule has 0 aliphatic rings. The molecule has 0 radical (unpaired) electrons. The molecular formula is C30H62O9. The van der Waals surface area contributed by atoms with Crippen LogP contribution < -0.4 is 0 Å². The fourth-order valence-corrected chi connectivity index (χ4v) is 2.97. The summed E-state index contributed by atoms with van der Waals surface area (Å²) in [7, 11) is 0. The van der Waals surface area contributed by atoms with Gasteiger partial charge in [0.05, 0.1) is 19.8 Å². The molecule has 0 bridgehead atoms. The van der Waals surface area contributed by atoms with E-state index in [1.54, 1.807) is 0 Å². The van der Waals surface area contributed by atoms with Crippen LogP contribution in [0.4, 0.5) is 0 Å². The van der Waals surface area contributed by atoms with Gasteiger partial charge in [-0.15, -0.1) is 0 Å². The zero-order chi connectivity index (χ0) is 31.3. The molecule has 0 saturated carbocycles. The van der Waals surface area contributed by atoms with Crippen molar-refractivity contribution in [2.24, 2.45) is 23.2 Å². The lowest BCUT2D eigenvalue weighted by Crippen LogP contribution is -2.32. The third-order valence-corrected chi connectivity index (χ3v) is 6.02. The van der Waals surface area contributed by atoms with Gasteiger partial charge in [-0.1, -0.05) is 87.0 Å². The second-order valence-electron chi connectivity index (χ2n) is 11.4. The molecule has 0 saturated heterocycles. The van der Waals surface area contributed by atoms with E-state index in [0.29, 0.717) is 43.4 Å². The molecule has 6 N–H and O–H groups in total. The van der Waals surface area contributed by atoms with Crippen LogP contribution in [0, 0.1) is 23.2 Å². The molecule has 0 atom stereocenters. The summed E-state index contributed by atoms with van der Waals surface area (Å²) in [5, 5.41) is 50.8. The number of hydrogen-bond donors (Lipinski definition) is 6. The second-order valence-corrected chi connectivity index (χ2v) is 11.4. The standard InChI is InChI=1S/3C8H16O2.C6H14O3/c3*1-7(2)5-3-4-6-8(9)10;1-2-6(3-7,4-8)5-9/h3*7H,3-6H2,1-2H3,(H,9,10);7-9H,2-5H2,1H3. The Hall–Kier alpha value is -1.71. The number of carboxylic acid groups (broad SMARTS) is 3. The molecule has 0 heterocycles. The highest BCUT2D eigenvalue weighted by atomic mass is 16.4. The van der Waals surface area contributed by atoms with Gasteiger partial charge in [0.2, 0.25) is 0 Å². The summed E-state index contributed by atoms with van der Waals surface area (Å²) in [4.78, 5) is 30.1. The number of carboxylic acids is 3. The summed E-state index contributed by atoms with van der Waals surface area (Å²) in [5.74, 6) is 0.0765. The van der Waals surface area contributed by atoms with Gasteiger partial charge in [-0.3, -0.25) is 14.4 Å². The molecule has 0 aromatic rings. The van der Waals surface area contributed by atoms with Crippen LogP contribution in [0.2, 0.25) is 0 Å². The largest absolute Gasteiger partial charge is 0.481 e. The SMILES string of the molecule is CC(C)CCCCC(=O)O.CC(C)CCCCC(=O)O.CC(C)CCCCC(=O)O.CCC(CO)(CO)CO. The first kappa shape index (κ1) is 44.3. The fraction of sp³-hybridized carbons (Fsp3) is 0.900. The van der Waals surface area contributed by atoms with E-state index in [1.165, 1.54) is 0 Å². The first-order chi connectivity index (χ1) is 18.1. The van der Waals surface area contributed by atoms with Crippen molar-refractivity contribution in [3.63, 3.8) is 0 Å². The summed E-state index contributed by atoms with van der Waals surface area (Å²) in [6.45, 7) is 14.3. The smallest absolute Gasteiger partial charge is 0.303 e. The minimum Gasteiger partial charge on any atom is -0.481 e. The van der Waals surface area contributed by atoms with Crippen molar-refractivity contribution in [3.8, 4) is 0 Å². The third-order valence-electron chi connectivity index (χ3n) is 6.02. The first-order valence-corrected chi connectivity index (χ1v) is 14.6. The third kappa shape index (κ3) is 43.6. The quantitative estimate of drug-likeness (QED) is 0.0992. The van der Waals surface area contributed by atoms with Crippen LogP contribution in [0.1, 0.15) is 132 Å². The van der Waals surface area contributed by atoms with Crippen LogP contribution in [0.25, 0.3) is 0 Å². The van der Waals surface area contributed by atoms with Gasteiger partial charge in [0.1, 0.15) is 0 Å². The number of unbranched alkanes of at least 4 members (excludes halogenated alkanes) is 3. The molecule has 0 unspecified atom stereocenters. The van der Waals surface area contributed by atoms with E-state index in [9.17, 15) is 14.4 Å². The topological polar surface area (TPSA) is 173 Å². The van der Waals surface area contributed by atoms with Crippen molar-refractivity contribution in [3.05, 3.63) is 0 Å². The van der Waals surface area contributed by atoms with Crippen LogP contribution in [0.15, 0.2) is 0 Å². The maximum atomic E-state index is 10.0. The molecule has 0 aromatic carbocycles. The normalized spacial score (nSPS) is 10.7. The highest BCUT2D eigenvalue weighted by Crippen LogP contribution is 2.18. The van der Waals surface area contributed by atoms with E-state index in [2.05, 4.69) is 41.5 Å². The van der Waals surface area contributed by atoms with Crippen molar-refractivity contribution in [1.29, 1.82) is 0 Å². The van der Waals surface area contributed by atoms with Gasteiger partial charge >= 0.3 is 17.9 Å². The number of aliphatic hydroxyl groups is 3. The van der Waals surface area contributed by atoms with E-state index in [0.717, 1.165) is 57.8 Å². The second kappa shape index (κ2) is 30.8.